The van der Waals surface area contributed by atoms with Crippen LogP contribution in [-0.4, -0.2) is 10.2 Å². The zero-order valence-corrected chi connectivity index (χ0v) is 11.6. The maximum atomic E-state index is 5.85. The highest BCUT2D eigenvalue weighted by Gasteiger charge is 2.08. The lowest BCUT2D eigenvalue weighted by Gasteiger charge is -2.00. The lowest BCUT2D eigenvalue weighted by molar-refractivity contribution is 0.587. The number of nitrogens with zero attached hydrogens (tertiary/aromatic N) is 2. The molecule has 5 heteroatoms. The van der Waals surface area contributed by atoms with Crippen LogP contribution in [0.4, 0.5) is 11.7 Å². The fourth-order valence-electron chi connectivity index (χ4n) is 1.74. The predicted octanol–water partition coefficient (Wildman–Crippen LogP) is 4.44. The zero-order chi connectivity index (χ0) is 13.9. The Morgan fingerprint density at radius 1 is 0.950 bits per heavy atom. The Hall–Kier alpha value is -2.33. The molecule has 0 saturated heterocycles. The average molecular weight is 286 g/mol. The Kier molecular flexibility index (Phi) is 3.39. The van der Waals surface area contributed by atoms with E-state index >= 15 is 0 Å². The summed E-state index contributed by atoms with van der Waals surface area (Å²) in [6.07, 6.45) is 0. The summed E-state index contributed by atoms with van der Waals surface area (Å²) < 4.78 is 5.57. The Bertz CT molecular complexity index is 705. The molecule has 0 amide bonds. The van der Waals surface area contributed by atoms with Crippen molar-refractivity contribution in [2.24, 2.45) is 0 Å². The third kappa shape index (κ3) is 2.81. The molecule has 1 aromatic heterocycles. The highest BCUT2D eigenvalue weighted by Crippen LogP contribution is 2.23. The van der Waals surface area contributed by atoms with Crippen molar-refractivity contribution in [3.8, 4) is 11.5 Å². The summed E-state index contributed by atoms with van der Waals surface area (Å²) in [6, 6.07) is 15.6. The fourth-order valence-corrected chi connectivity index (χ4v) is 1.87. The van der Waals surface area contributed by atoms with E-state index in [2.05, 4.69) is 15.5 Å². The molecule has 0 fully saturated rings. The largest absolute Gasteiger partial charge is 0.403 e. The second kappa shape index (κ2) is 5.35. The number of benzene rings is 2. The van der Waals surface area contributed by atoms with Crippen LogP contribution < -0.4 is 5.32 Å². The van der Waals surface area contributed by atoms with E-state index in [-0.39, 0.29) is 0 Å². The summed E-state index contributed by atoms with van der Waals surface area (Å²) in [5, 5.41) is 11.7. The zero-order valence-electron chi connectivity index (χ0n) is 10.8. The van der Waals surface area contributed by atoms with Crippen molar-refractivity contribution in [3.05, 3.63) is 59.1 Å². The first-order chi connectivity index (χ1) is 9.70. The van der Waals surface area contributed by atoms with Crippen molar-refractivity contribution in [2.45, 2.75) is 6.92 Å². The molecule has 0 aliphatic carbocycles. The van der Waals surface area contributed by atoms with Crippen molar-refractivity contribution in [1.29, 1.82) is 0 Å². The van der Waals surface area contributed by atoms with Crippen LogP contribution in [0.15, 0.2) is 52.9 Å². The van der Waals surface area contributed by atoms with Crippen molar-refractivity contribution in [3.63, 3.8) is 0 Å². The van der Waals surface area contributed by atoms with Gasteiger partial charge in [0, 0.05) is 16.3 Å². The van der Waals surface area contributed by atoms with Crippen LogP contribution in [0.5, 0.6) is 0 Å². The molecule has 0 saturated carbocycles. The van der Waals surface area contributed by atoms with E-state index in [1.807, 2.05) is 43.3 Å². The molecule has 0 unspecified atom stereocenters. The minimum absolute atomic E-state index is 0.360. The van der Waals surface area contributed by atoms with Gasteiger partial charge in [0.2, 0.25) is 5.89 Å². The van der Waals surface area contributed by atoms with E-state index in [4.69, 9.17) is 16.0 Å². The molecule has 3 aromatic rings. The number of aryl methyl sites for hydroxylation is 1. The van der Waals surface area contributed by atoms with Crippen LogP contribution in [0.2, 0.25) is 5.02 Å². The topological polar surface area (TPSA) is 51.0 Å². The van der Waals surface area contributed by atoms with Gasteiger partial charge in [-0.25, -0.2) is 0 Å². The second-order valence-corrected chi connectivity index (χ2v) is 4.85. The van der Waals surface area contributed by atoms with Gasteiger partial charge in [-0.1, -0.05) is 34.4 Å². The SMILES string of the molecule is Cc1ccc(Nc2nnc(-c3ccc(Cl)cc3)o2)cc1. The number of halogens is 1. The molecular formula is C15H12ClN3O. The Labute approximate surface area is 121 Å². The fraction of sp³-hybridized carbons (Fsp3) is 0.0667. The number of rotatable bonds is 3. The molecule has 3 rings (SSSR count). The summed E-state index contributed by atoms with van der Waals surface area (Å²) >= 11 is 5.85. The number of hydrogen-bond donors (Lipinski definition) is 1. The van der Waals surface area contributed by atoms with Gasteiger partial charge in [0.15, 0.2) is 0 Å². The molecule has 0 atom stereocenters. The van der Waals surface area contributed by atoms with E-state index in [1.54, 1.807) is 12.1 Å². The Morgan fingerprint density at radius 3 is 2.35 bits per heavy atom. The monoisotopic (exact) mass is 285 g/mol. The third-order valence-corrected chi connectivity index (χ3v) is 3.07. The first-order valence-corrected chi connectivity index (χ1v) is 6.52. The normalized spacial score (nSPS) is 10.5. The van der Waals surface area contributed by atoms with Gasteiger partial charge in [0.25, 0.3) is 0 Å². The van der Waals surface area contributed by atoms with E-state index in [0.29, 0.717) is 16.9 Å². The summed E-state index contributed by atoms with van der Waals surface area (Å²) in [6.45, 7) is 2.04. The Morgan fingerprint density at radius 2 is 1.65 bits per heavy atom. The average Bonchev–Trinajstić information content (AvgIpc) is 2.91. The van der Waals surface area contributed by atoms with Gasteiger partial charge in [-0.05, 0) is 43.3 Å². The molecule has 0 aliphatic heterocycles. The predicted molar refractivity (Wildman–Crippen MR) is 79.2 cm³/mol. The molecule has 0 bridgehead atoms. The van der Waals surface area contributed by atoms with Crippen LogP contribution in [0.25, 0.3) is 11.5 Å². The number of anilines is 2. The van der Waals surface area contributed by atoms with Crippen molar-refractivity contribution < 1.29 is 4.42 Å². The summed E-state index contributed by atoms with van der Waals surface area (Å²) in [5.74, 6) is 0.455. The molecule has 0 aliphatic rings. The van der Waals surface area contributed by atoms with E-state index in [1.165, 1.54) is 5.56 Å². The van der Waals surface area contributed by atoms with Crippen LogP contribution in [-0.2, 0) is 0 Å². The Balaban J connectivity index is 1.80. The molecular weight excluding hydrogens is 274 g/mol. The first kappa shape index (κ1) is 12.7. The molecule has 2 aromatic carbocycles. The van der Waals surface area contributed by atoms with Crippen LogP contribution >= 0.6 is 11.6 Å². The molecule has 0 spiro atoms. The van der Waals surface area contributed by atoms with Crippen LogP contribution in [0.3, 0.4) is 0 Å². The second-order valence-electron chi connectivity index (χ2n) is 4.41. The standard InChI is InChI=1S/C15H12ClN3O/c1-10-2-8-13(9-3-10)17-15-19-18-14(20-15)11-4-6-12(16)7-5-11/h2-9H,1H3,(H,17,19). The number of nitrogens with one attached hydrogen (secondary N) is 1. The maximum absolute atomic E-state index is 5.85. The number of aromatic nitrogens is 2. The van der Waals surface area contributed by atoms with Gasteiger partial charge < -0.3 is 9.73 Å². The van der Waals surface area contributed by atoms with Gasteiger partial charge in [0.05, 0.1) is 0 Å². The van der Waals surface area contributed by atoms with Crippen LogP contribution in [0.1, 0.15) is 5.56 Å². The maximum Gasteiger partial charge on any atom is 0.320 e. The van der Waals surface area contributed by atoms with E-state index < -0.39 is 0 Å². The van der Waals surface area contributed by atoms with E-state index in [0.717, 1.165) is 11.3 Å². The highest BCUT2D eigenvalue weighted by molar-refractivity contribution is 6.30. The minimum Gasteiger partial charge on any atom is -0.403 e. The van der Waals surface area contributed by atoms with Gasteiger partial charge in [0.1, 0.15) is 0 Å². The molecule has 0 radical (unpaired) electrons. The smallest absolute Gasteiger partial charge is 0.320 e. The first-order valence-electron chi connectivity index (χ1n) is 6.14. The third-order valence-electron chi connectivity index (χ3n) is 2.82. The van der Waals surface area contributed by atoms with Crippen molar-refractivity contribution >= 4 is 23.3 Å². The molecule has 1 heterocycles. The molecule has 4 nitrogen and oxygen atoms in total. The minimum atomic E-state index is 0.360. The van der Waals surface area contributed by atoms with Gasteiger partial charge >= 0.3 is 6.01 Å². The molecule has 100 valence electrons. The lowest BCUT2D eigenvalue weighted by Crippen LogP contribution is -1.89. The van der Waals surface area contributed by atoms with Crippen molar-refractivity contribution in [1.82, 2.24) is 10.2 Å². The summed E-state index contributed by atoms with van der Waals surface area (Å²) in [7, 11) is 0. The van der Waals surface area contributed by atoms with Gasteiger partial charge in [-0.3, -0.25) is 0 Å². The molecule has 20 heavy (non-hydrogen) atoms. The van der Waals surface area contributed by atoms with Gasteiger partial charge in [-0.15, -0.1) is 5.10 Å². The summed E-state index contributed by atoms with van der Waals surface area (Å²) in [5.41, 5.74) is 2.93. The van der Waals surface area contributed by atoms with E-state index in [9.17, 15) is 0 Å². The molecule has 1 N–H and O–H groups in total. The highest BCUT2D eigenvalue weighted by atomic mass is 35.5. The van der Waals surface area contributed by atoms with Gasteiger partial charge in [-0.2, -0.15) is 0 Å². The van der Waals surface area contributed by atoms with Crippen LogP contribution in [0, 0.1) is 6.92 Å². The lowest BCUT2D eigenvalue weighted by atomic mass is 10.2. The summed E-state index contributed by atoms with van der Waals surface area (Å²) in [4.78, 5) is 0. The number of hydrogen-bond acceptors (Lipinski definition) is 4. The van der Waals surface area contributed by atoms with Crippen molar-refractivity contribution in [2.75, 3.05) is 5.32 Å². The quantitative estimate of drug-likeness (QED) is 0.773.